The summed E-state index contributed by atoms with van der Waals surface area (Å²) in [7, 11) is -3.28. The minimum absolute atomic E-state index is 0.0517. The first kappa shape index (κ1) is 22.0. The molecule has 26 heavy (non-hydrogen) atoms. The lowest BCUT2D eigenvalue weighted by Gasteiger charge is -2.14. The van der Waals surface area contributed by atoms with Crippen molar-refractivity contribution < 1.29 is 27.9 Å². The summed E-state index contributed by atoms with van der Waals surface area (Å²) < 4.78 is 28.5. The standard InChI is InChI=1S/C18H27NO6S/c1-3-14-7-9-15(10-8-14)25-12-5-6-17(20)19-16(18(21)22)11-13-26(23,24)4-2/h7-10,16H,3-6,11-13H2,1-2H3,(H,19,20)(H,21,22). The molecule has 0 radical (unpaired) electrons. The zero-order valence-corrected chi connectivity index (χ0v) is 16.0. The number of carboxylic acids is 1. The Labute approximate surface area is 154 Å². The Morgan fingerprint density at radius 1 is 1.19 bits per heavy atom. The summed E-state index contributed by atoms with van der Waals surface area (Å²) >= 11 is 0. The van der Waals surface area contributed by atoms with Gasteiger partial charge in [-0.15, -0.1) is 0 Å². The van der Waals surface area contributed by atoms with E-state index in [4.69, 9.17) is 9.84 Å². The van der Waals surface area contributed by atoms with Crippen molar-refractivity contribution in [2.75, 3.05) is 18.1 Å². The van der Waals surface area contributed by atoms with Crippen LogP contribution in [0.3, 0.4) is 0 Å². The molecule has 1 atom stereocenters. The molecule has 0 aliphatic rings. The van der Waals surface area contributed by atoms with Crippen LogP contribution >= 0.6 is 0 Å². The van der Waals surface area contributed by atoms with Gasteiger partial charge in [0.2, 0.25) is 5.91 Å². The number of aliphatic carboxylic acids is 1. The van der Waals surface area contributed by atoms with Crippen LogP contribution in [-0.4, -0.2) is 49.6 Å². The van der Waals surface area contributed by atoms with Crippen molar-refractivity contribution in [3.63, 3.8) is 0 Å². The normalized spacial score (nSPS) is 12.4. The van der Waals surface area contributed by atoms with E-state index in [0.717, 1.165) is 12.2 Å². The Morgan fingerprint density at radius 3 is 2.38 bits per heavy atom. The Morgan fingerprint density at radius 2 is 1.85 bits per heavy atom. The second-order valence-corrected chi connectivity index (χ2v) is 8.41. The van der Waals surface area contributed by atoms with E-state index >= 15 is 0 Å². The van der Waals surface area contributed by atoms with Crippen LogP contribution in [0, 0.1) is 0 Å². The molecule has 1 unspecified atom stereocenters. The fraction of sp³-hybridized carbons (Fsp3) is 0.556. The van der Waals surface area contributed by atoms with E-state index in [-0.39, 0.29) is 24.3 Å². The number of hydrogen-bond donors (Lipinski definition) is 2. The van der Waals surface area contributed by atoms with Crippen LogP contribution in [0.4, 0.5) is 0 Å². The highest BCUT2D eigenvalue weighted by atomic mass is 32.2. The molecule has 8 heteroatoms. The topological polar surface area (TPSA) is 110 Å². The predicted molar refractivity (Wildman–Crippen MR) is 99.1 cm³/mol. The third kappa shape index (κ3) is 8.33. The van der Waals surface area contributed by atoms with E-state index < -0.39 is 27.8 Å². The molecule has 2 N–H and O–H groups in total. The number of benzene rings is 1. The lowest BCUT2D eigenvalue weighted by Crippen LogP contribution is -2.42. The molecule has 0 saturated heterocycles. The zero-order valence-electron chi connectivity index (χ0n) is 15.2. The average molecular weight is 385 g/mol. The van der Waals surface area contributed by atoms with E-state index in [1.807, 2.05) is 24.3 Å². The second-order valence-electron chi connectivity index (χ2n) is 5.93. The van der Waals surface area contributed by atoms with Gasteiger partial charge < -0.3 is 15.2 Å². The SMILES string of the molecule is CCc1ccc(OCCCC(=O)NC(CCS(=O)(=O)CC)C(=O)O)cc1. The number of carbonyl (C=O) groups excluding carboxylic acids is 1. The minimum Gasteiger partial charge on any atom is -0.494 e. The van der Waals surface area contributed by atoms with Gasteiger partial charge in [-0.25, -0.2) is 13.2 Å². The molecule has 0 aliphatic carbocycles. The van der Waals surface area contributed by atoms with Crippen LogP contribution < -0.4 is 10.1 Å². The Hall–Kier alpha value is -2.09. The fourth-order valence-corrected chi connectivity index (χ4v) is 3.09. The first-order valence-corrected chi connectivity index (χ1v) is 10.5. The fourth-order valence-electron chi connectivity index (χ4n) is 2.21. The van der Waals surface area contributed by atoms with Crippen molar-refractivity contribution >= 4 is 21.7 Å². The number of sulfone groups is 1. The van der Waals surface area contributed by atoms with Crippen LogP contribution in [0.5, 0.6) is 5.75 Å². The van der Waals surface area contributed by atoms with Gasteiger partial charge in [-0.1, -0.05) is 26.0 Å². The Kier molecular flexibility index (Phi) is 9.12. The Balaban J connectivity index is 2.35. The van der Waals surface area contributed by atoms with Gasteiger partial charge >= 0.3 is 5.97 Å². The van der Waals surface area contributed by atoms with Crippen LogP contribution in [-0.2, 0) is 25.8 Å². The minimum atomic E-state index is -3.28. The number of aryl methyl sites for hydroxylation is 1. The van der Waals surface area contributed by atoms with Crippen molar-refractivity contribution in [3.8, 4) is 5.75 Å². The maximum absolute atomic E-state index is 11.9. The molecule has 0 aromatic heterocycles. The molecule has 0 aliphatic heterocycles. The second kappa shape index (κ2) is 10.8. The monoisotopic (exact) mass is 385 g/mol. The van der Waals surface area contributed by atoms with Gasteiger partial charge in [0.05, 0.1) is 12.4 Å². The average Bonchev–Trinajstić information content (AvgIpc) is 2.62. The van der Waals surface area contributed by atoms with Gasteiger partial charge in [0, 0.05) is 12.2 Å². The number of carbonyl (C=O) groups is 2. The Bertz CT molecular complexity index is 684. The van der Waals surface area contributed by atoms with Crippen LogP contribution in [0.2, 0.25) is 0 Å². The lowest BCUT2D eigenvalue weighted by molar-refractivity contribution is -0.141. The van der Waals surface area contributed by atoms with Gasteiger partial charge in [0.25, 0.3) is 0 Å². The van der Waals surface area contributed by atoms with Gasteiger partial charge in [-0.3, -0.25) is 4.79 Å². The number of hydrogen-bond acceptors (Lipinski definition) is 5. The molecule has 0 bridgehead atoms. The van der Waals surface area contributed by atoms with Gasteiger partial charge in [-0.2, -0.15) is 0 Å². The third-order valence-corrected chi connectivity index (χ3v) is 5.68. The number of ether oxygens (including phenoxy) is 1. The summed E-state index contributed by atoms with van der Waals surface area (Å²) in [6.45, 7) is 3.90. The first-order chi connectivity index (χ1) is 12.3. The van der Waals surface area contributed by atoms with Crippen LogP contribution in [0.25, 0.3) is 0 Å². The van der Waals surface area contributed by atoms with Crippen molar-refractivity contribution in [1.82, 2.24) is 5.32 Å². The number of rotatable bonds is 12. The molecule has 1 rings (SSSR count). The van der Waals surface area contributed by atoms with Crippen LogP contribution in [0.1, 0.15) is 38.7 Å². The van der Waals surface area contributed by atoms with Crippen molar-refractivity contribution in [3.05, 3.63) is 29.8 Å². The number of nitrogens with one attached hydrogen (secondary N) is 1. The summed E-state index contributed by atoms with van der Waals surface area (Å²) in [6.07, 6.45) is 1.35. The number of carboxylic acid groups (broad SMARTS) is 1. The van der Waals surface area contributed by atoms with Crippen molar-refractivity contribution in [2.24, 2.45) is 0 Å². The molecule has 0 saturated carbocycles. The van der Waals surface area contributed by atoms with Gasteiger partial charge in [0.15, 0.2) is 0 Å². The van der Waals surface area contributed by atoms with Gasteiger partial charge in [0.1, 0.15) is 21.6 Å². The van der Waals surface area contributed by atoms with Crippen molar-refractivity contribution in [1.29, 1.82) is 0 Å². The molecule has 1 amide bonds. The predicted octanol–water partition coefficient (Wildman–Crippen LogP) is 1.80. The highest BCUT2D eigenvalue weighted by Crippen LogP contribution is 2.13. The molecule has 1 aromatic rings. The third-order valence-electron chi connectivity index (χ3n) is 3.94. The molecule has 0 fully saturated rings. The van der Waals surface area contributed by atoms with E-state index in [1.165, 1.54) is 12.5 Å². The van der Waals surface area contributed by atoms with E-state index in [9.17, 15) is 18.0 Å². The molecule has 0 spiro atoms. The number of amides is 1. The first-order valence-electron chi connectivity index (χ1n) is 8.71. The molecule has 7 nitrogen and oxygen atoms in total. The summed E-state index contributed by atoms with van der Waals surface area (Å²) in [5, 5.41) is 11.5. The van der Waals surface area contributed by atoms with E-state index in [2.05, 4.69) is 12.2 Å². The molecule has 1 aromatic carbocycles. The molecule has 0 heterocycles. The smallest absolute Gasteiger partial charge is 0.326 e. The lowest BCUT2D eigenvalue weighted by atomic mass is 10.2. The summed E-state index contributed by atoms with van der Waals surface area (Å²) in [5.74, 6) is -1.27. The molecular formula is C18H27NO6S. The summed E-state index contributed by atoms with van der Waals surface area (Å²) in [6, 6.07) is 6.49. The highest BCUT2D eigenvalue weighted by Gasteiger charge is 2.22. The van der Waals surface area contributed by atoms with Crippen molar-refractivity contribution in [2.45, 2.75) is 45.6 Å². The summed E-state index contributed by atoms with van der Waals surface area (Å²) in [5.41, 5.74) is 1.21. The highest BCUT2D eigenvalue weighted by molar-refractivity contribution is 7.91. The van der Waals surface area contributed by atoms with E-state index in [0.29, 0.717) is 13.0 Å². The molecule has 146 valence electrons. The summed E-state index contributed by atoms with van der Waals surface area (Å²) in [4.78, 5) is 23.0. The zero-order chi connectivity index (χ0) is 19.6. The maximum Gasteiger partial charge on any atom is 0.326 e. The van der Waals surface area contributed by atoms with E-state index in [1.54, 1.807) is 0 Å². The quantitative estimate of drug-likeness (QED) is 0.531. The maximum atomic E-state index is 11.9. The van der Waals surface area contributed by atoms with Crippen LogP contribution in [0.15, 0.2) is 24.3 Å². The molecular weight excluding hydrogens is 358 g/mol. The van der Waals surface area contributed by atoms with Gasteiger partial charge in [-0.05, 0) is 37.0 Å². The largest absolute Gasteiger partial charge is 0.494 e.